The zero-order chi connectivity index (χ0) is 25.2. The van der Waals surface area contributed by atoms with Gasteiger partial charge in [0.15, 0.2) is 0 Å². The second kappa shape index (κ2) is 13.7. The third-order valence-corrected chi connectivity index (χ3v) is 6.25. The smallest absolute Gasteiger partial charge is 0.249 e. The minimum Gasteiger partial charge on any atom is -0.342 e. The highest BCUT2D eigenvalue weighted by molar-refractivity contribution is 5.93. The van der Waals surface area contributed by atoms with E-state index in [2.05, 4.69) is 24.1 Å². The van der Waals surface area contributed by atoms with E-state index in [0.29, 0.717) is 12.1 Å². The molecule has 2 unspecified atom stereocenters. The van der Waals surface area contributed by atoms with Crippen LogP contribution in [0.3, 0.4) is 0 Å². The van der Waals surface area contributed by atoms with Crippen LogP contribution in [0.4, 0.5) is 0 Å². The van der Waals surface area contributed by atoms with Gasteiger partial charge in [-0.05, 0) is 51.6 Å². The van der Waals surface area contributed by atoms with E-state index < -0.39 is 11.5 Å². The van der Waals surface area contributed by atoms with Crippen LogP contribution >= 0.6 is 0 Å². The Kier molecular flexibility index (Phi) is 12.1. The van der Waals surface area contributed by atoms with Crippen molar-refractivity contribution in [1.29, 1.82) is 0 Å². The summed E-state index contributed by atoms with van der Waals surface area (Å²) in [4.78, 5) is 44.1. The number of hydrogen-bond acceptors (Lipinski definition) is 4. The predicted octanol–water partition coefficient (Wildman–Crippen LogP) is 3.45. The van der Waals surface area contributed by atoms with E-state index in [1.165, 1.54) is 6.42 Å². The third-order valence-electron chi connectivity index (χ3n) is 6.25. The van der Waals surface area contributed by atoms with E-state index in [4.69, 9.17) is 0 Å². The quantitative estimate of drug-likeness (QED) is 0.611. The molecule has 0 aliphatic carbocycles. The van der Waals surface area contributed by atoms with Crippen molar-refractivity contribution in [3.8, 4) is 0 Å². The molecular formula is C26H48N4O3. The summed E-state index contributed by atoms with van der Waals surface area (Å²) in [5.41, 5.74) is 0.245. The number of hydrogen-bond donors (Lipinski definition) is 1. The minimum atomic E-state index is -0.617. The predicted molar refractivity (Wildman–Crippen MR) is 135 cm³/mol. The van der Waals surface area contributed by atoms with Gasteiger partial charge in [0.1, 0.15) is 6.04 Å². The molecule has 2 heterocycles. The fraction of sp³-hybridized carbons (Fsp3) is 0.808. The zero-order valence-electron chi connectivity index (χ0n) is 22.4. The van der Waals surface area contributed by atoms with Gasteiger partial charge in [0, 0.05) is 32.3 Å². The zero-order valence-corrected chi connectivity index (χ0v) is 22.4. The van der Waals surface area contributed by atoms with Gasteiger partial charge < -0.3 is 15.1 Å². The summed E-state index contributed by atoms with van der Waals surface area (Å²) >= 11 is 0. The minimum absolute atomic E-state index is 0.0503. The van der Waals surface area contributed by atoms with Gasteiger partial charge in [-0.15, -0.1) is 0 Å². The number of piperidine rings is 1. The van der Waals surface area contributed by atoms with Gasteiger partial charge in [-0.25, -0.2) is 0 Å². The maximum absolute atomic E-state index is 13.2. The summed E-state index contributed by atoms with van der Waals surface area (Å²) in [5, 5.41) is 3.03. The average molecular weight is 465 g/mol. The highest BCUT2D eigenvalue weighted by Gasteiger charge is 2.37. The van der Waals surface area contributed by atoms with Gasteiger partial charge in [-0.3, -0.25) is 19.3 Å². The Morgan fingerprint density at radius 1 is 1.06 bits per heavy atom. The van der Waals surface area contributed by atoms with E-state index in [0.717, 1.165) is 51.7 Å². The Morgan fingerprint density at radius 2 is 1.61 bits per heavy atom. The van der Waals surface area contributed by atoms with Crippen molar-refractivity contribution in [2.24, 2.45) is 5.41 Å². The normalized spacial score (nSPS) is 20.5. The molecule has 0 saturated carbocycles. The first-order chi connectivity index (χ1) is 15.4. The summed E-state index contributed by atoms with van der Waals surface area (Å²) in [7, 11) is 3.69. The van der Waals surface area contributed by atoms with Crippen LogP contribution in [0.15, 0.2) is 11.6 Å². The van der Waals surface area contributed by atoms with Crippen LogP contribution in [-0.2, 0) is 14.4 Å². The second-order valence-corrected chi connectivity index (χ2v) is 10.6. The topological polar surface area (TPSA) is 73.0 Å². The Balaban J connectivity index is 0.00000172. The number of rotatable bonds is 6. The number of nitrogens with zero attached hydrogens (tertiary/aromatic N) is 3. The molecule has 0 aromatic heterocycles. The molecule has 0 aromatic rings. The number of nitrogens with one attached hydrogen (secondary N) is 1. The van der Waals surface area contributed by atoms with E-state index in [9.17, 15) is 14.4 Å². The monoisotopic (exact) mass is 464 g/mol. The van der Waals surface area contributed by atoms with Crippen LogP contribution in [0.5, 0.6) is 0 Å². The van der Waals surface area contributed by atoms with Crippen LogP contribution in [0.25, 0.3) is 0 Å². The lowest BCUT2D eigenvalue weighted by Gasteiger charge is -2.37. The summed E-state index contributed by atoms with van der Waals surface area (Å²) in [6.07, 6.45) is 8.14. The van der Waals surface area contributed by atoms with E-state index in [1.807, 2.05) is 38.8 Å². The molecule has 2 saturated heterocycles. The Hall–Kier alpha value is -1.89. The lowest BCUT2D eigenvalue weighted by molar-refractivity contribution is -0.139. The van der Waals surface area contributed by atoms with Crippen molar-refractivity contribution in [3.63, 3.8) is 0 Å². The second-order valence-electron chi connectivity index (χ2n) is 10.6. The number of likely N-dealkylation sites (N-methyl/N-ethyl adjacent to an activating group) is 2. The van der Waals surface area contributed by atoms with Crippen LogP contribution in [0, 0.1) is 5.41 Å². The van der Waals surface area contributed by atoms with Crippen molar-refractivity contribution in [2.45, 2.75) is 92.2 Å². The summed E-state index contributed by atoms with van der Waals surface area (Å²) in [6.45, 7) is 14.8. The molecule has 7 nitrogen and oxygen atoms in total. The molecule has 0 radical (unpaired) electrons. The molecule has 2 atom stereocenters. The first-order valence-electron chi connectivity index (χ1n) is 12.7. The van der Waals surface area contributed by atoms with Gasteiger partial charge in [0.2, 0.25) is 17.7 Å². The van der Waals surface area contributed by atoms with Crippen molar-refractivity contribution >= 4 is 17.7 Å². The average Bonchev–Trinajstić information content (AvgIpc) is 3.29. The van der Waals surface area contributed by atoms with Crippen molar-refractivity contribution in [3.05, 3.63) is 11.6 Å². The van der Waals surface area contributed by atoms with Gasteiger partial charge in [0.05, 0.1) is 6.04 Å². The molecule has 1 N–H and O–H groups in total. The van der Waals surface area contributed by atoms with E-state index in [1.54, 1.807) is 18.9 Å². The fourth-order valence-corrected chi connectivity index (χ4v) is 4.13. The molecule has 0 aromatic carbocycles. The lowest BCUT2D eigenvalue weighted by atomic mass is 9.85. The molecule has 3 amide bonds. The molecule has 2 aliphatic rings. The number of likely N-dealkylation sites (tertiary alicyclic amines) is 2. The lowest BCUT2D eigenvalue weighted by Crippen LogP contribution is -2.58. The largest absolute Gasteiger partial charge is 0.342 e. The highest BCUT2D eigenvalue weighted by Crippen LogP contribution is 2.23. The van der Waals surface area contributed by atoms with Gasteiger partial charge in [-0.2, -0.15) is 0 Å². The molecule has 0 spiro atoms. The summed E-state index contributed by atoms with van der Waals surface area (Å²) < 4.78 is 0. The first kappa shape index (κ1) is 29.1. The molecule has 2 rings (SSSR count). The third kappa shape index (κ3) is 9.11. The molecule has 2 aliphatic heterocycles. The molecule has 2 fully saturated rings. The molecule has 7 heteroatoms. The Bertz CT molecular complexity index is 678. The van der Waals surface area contributed by atoms with E-state index in [-0.39, 0.29) is 23.8 Å². The first-order valence-corrected chi connectivity index (χ1v) is 12.7. The van der Waals surface area contributed by atoms with Crippen molar-refractivity contribution < 1.29 is 14.4 Å². The van der Waals surface area contributed by atoms with Gasteiger partial charge >= 0.3 is 0 Å². The van der Waals surface area contributed by atoms with Crippen LogP contribution in [0.2, 0.25) is 0 Å². The maximum Gasteiger partial charge on any atom is 0.249 e. The Morgan fingerprint density at radius 3 is 2.12 bits per heavy atom. The fourth-order valence-electron chi connectivity index (χ4n) is 4.13. The standard InChI is InChI=1S/C23H40N4O3.C3H8/c1-17(21(29)27-14-9-10-15-27)12-16-26(6)22(30)19(23(2,3)4)24-20(28)18-11-7-8-13-25(18)5;1-3-2/h12,18-19H,7-11,13-16H2,1-6H3,(H,24,28);3H2,1-2H3/b17-12+;. The van der Waals surface area contributed by atoms with Crippen LogP contribution in [0.1, 0.15) is 80.1 Å². The number of carbonyl (C=O) groups is 3. The molecule has 190 valence electrons. The van der Waals surface area contributed by atoms with Crippen LogP contribution in [-0.4, -0.2) is 84.8 Å². The number of amides is 3. The molecular weight excluding hydrogens is 416 g/mol. The molecule has 0 bridgehead atoms. The van der Waals surface area contributed by atoms with Crippen LogP contribution < -0.4 is 5.32 Å². The van der Waals surface area contributed by atoms with Crippen molar-refractivity contribution in [1.82, 2.24) is 20.0 Å². The SMILES string of the molecule is C/C(=C\CN(C)C(=O)C(NC(=O)C1CCCCN1C)C(C)(C)C)C(=O)N1CCCC1.CCC. The summed E-state index contributed by atoms with van der Waals surface area (Å²) in [6, 6.07) is -0.796. The summed E-state index contributed by atoms with van der Waals surface area (Å²) in [5.74, 6) is -0.156. The maximum atomic E-state index is 13.2. The van der Waals surface area contributed by atoms with Crippen molar-refractivity contribution in [2.75, 3.05) is 40.3 Å². The van der Waals surface area contributed by atoms with E-state index >= 15 is 0 Å². The number of carbonyl (C=O) groups excluding carboxylic acids is 3. The van der Waals surface area contributed by atoms with Gasteiger partial charge in [-0.1, -0.05) is 53.5 Å². The van der Waals surface area contributed by atoms with Gasteiger partial charge in [0.25, 0.3) is 0 Å². The Labute approximate surface area is 201 Å². The molecule has 33 heavy (non-hydrogen) atoms. The highest BCUT2D eigenvalue weighted by atomic mass is 16.2.